The number of halogens is 1. The number of hydrogen-bond donors (Lipinski definition) is 2. The second-order valence-electron chi connectivity index (χ2n) is 4.41. The fourth-order valence-electron chi connectivity index (χ4n) is 2.06. The molecule has 106 valence electrons. The Kier molecular flexibility index (Phi) is 4.14. The monoisotopic (exact) mass is 277 g/mol. The largest absolute Gasteiger partial charge is 0.395 e. The lowest BCUT2D eigenvalue weighted by Gasteiger charge is -2.06. The molecule has 2 N–H and O–H groups in total. The summed E-state index contributed by atoms with van der Waals surface area (Å²) in [7, 11) is 0. The highest BCUT2D eigenvalue weighted by Crippen LogP contribution is 2.18. The van der Waals surface area contributed by atoms with E-state index < -0.39 is 0 Å². The van der Waals surface area contributed by atoms with Gasteiger partial charge in [0.25, 0.3) is 5.91 Å². The van der Waals surface area contributed by atoms with Crippen LogP contribution in [0.2, 0.25) is 0 Å². The summed E-state index contributed by atoms with van der Waals surface area (Å²) in [6, 6.07) is 5.89. The van der Waals surface area contributed by atoms with E-state index in [2.05, 4.69) is 10.4 Å². The van der Waals surface area contributed by atoms with Crippen molar-refractivity contribution in [2.45, 2.75) is 13.8 Å². The zero-order valence-electron chi connectivity index (χ0n) is 11.4. The van der Waals surface area contributed by atoms with Crippen molar-refractivity contribution >= 4 is 5.91 Å². The highest BCUT2D eigenvalue weighted by Gasteiger charge is 2.18. The molecule has 1 aromatic heterocycles. The second-order valence-corrected chi connectivity index (χ2v) is 4.41. The number of nitrogens with zero attached hydrogens (tertiary/aromatic N) is 2. The van der Waals surface area contributed by atoms with E-state index in [1.807, 2.05) is 0 Å². The van der Waals surface area contributed by atoms with Crippen LogP contribution < -0.4 is 5.32 Å². The summed E-state index contributed by atoms with van der Waals surface area (Å²) in [5.41, 5.74) is 2.42. The van der Waals surface area contributed by atoms with E-state index in [-0.39, 0.29) is 24.9 Å². The molecule has 0 radical (unpaired) electrons. The molecule has 2 rings (SSSR count). The number of aliphatic hydroxyl groups excluding tert-OH is 1. The molecular formula is C14H16FN3O2. The van der Waals surface area contributed by atoms with Gasteiger partial charge in [-0.1, -0.05) is 0 Å². The van der Waals surface area contributed by atoms with Crippen molar-refractivity contribution < 1.29 is 14.3 Å². The Hall–Kier alpha value is -2.21. The van der Waals surface area contributed by atoms with Gasteiger partial charge in [-0.25, -0.2) is 9.07 Å². The maximum absolute atomic E-state index is 12.9. The molecule has 5 nitrogen and oxygen atoms in total. The molecule has 1 aromatic carbocycles. The van der Waals surface area contributed by atoms with Gasteiger partial charge in [-0.3, -0.25) is 4.79 Å². The first-order valence-corrected chi connectivity index (χ1v) is 6.26. The number of carbonyl (C=O) groups excluding carboxylic acids is 1. The van der Waals surface area contributed by atoms with Gasteiger partial charge in [0, 0.05) is 6.54 Å². The zero-order chi connectivity index (χ0) is 14.7. The fraction of sp³-hybridized carbons (Fsp3) is 0.286. The third-order valence-corrected chi connectivity index (χ3v) is 2.99. The molecular weight excluding hydrogens is 261 g/mol. The second kappa shape index (κ2) is 5.83. The number of rotatable bonds is 4. The molecule has 0 unspecified atom stereocenters. The number of aryl methyl sites for hydroxylation is 1. The average Bonchev–Trinajstić information content (AvgIpc) is 2.72. The quantitative estimate of drug-likeness (QED) is 0.886. The van der Waals surface area contributed by atoms with Crippen LogP contribution in [0.4, 0.5) is 4.39 Å². The molecule has 0 bridgehead atoms. The van der Waals surface area contributed by atoms with Crippen molar-refractivity contribution in [1.82, 2.24) is 15.1 Å². The van der Waals surface area contributed by atoms with Gasteiger partial charge in [-0.05, 0) is 38.1 Å². The summed E-state index contributed by atoms with van der Waals surface area (Å²) in [5, 5.41) is 15.7. The number of amides is 1. The first kappa shape index (κ1) is 14.2. The molecule has 6 heteroatoms. The summed E-state index contributed by atoms with van der Waals surface area (Å²) in [4.78, 5) is 12.0. The van der Waals surface area contributed by atoms with E-state index in [1.165, 1.54) is 12.1 Å². The summed E-state index contributed by atoms with van der Waals surface area (Å²) in [6.45, 7) is 3.59. The van der Waals surface area contributed by atoms with Crippen LogP contribution in [0.25, 0.3) is 5.69 Å². The number of benzene rings is 1. The topological polar surface area (TPSA) is 67.2 Å². The van der Waals surface area contributed by atoms with Crippen molar-refractivity contribution in [3.63, 3.8) is 0 Å². The molecule has 0 fully saturated rings. The van der Waals surface area contributed by atoms with Gasteiger partial charge in [0.2, 0.25) is 0 Å². The molecule has 0 saturated carbocycles. The minimum Gasteiger partial charge on any atom is -0.395 e. The summed E-state index contributed by atoms with van der Waals surface area (Å²) < 4.78 is 14.5. The molecule has 0 aliphatic heterocycles. The number of aliphatic hydroxyl groups is 1. The highest BCUT2D eigenvalue weighted by atomic mass is 19.1. The molecule has 20 heavy (non-hydrogen) atoms. The van der Waals surface area contributed by atoms with Gasteiger partial charge in [0.1, 0.15) is 5.82 Å². The number of carbonyl (C=O) groups is 1. The van der Waals surface area contributed by atoms with Crippen LogP contribution in [0.15, 0.2) is 24.3 Å². The third kappa shape index (κ3) is 2.70. The van der Waals surface area contributed by atoms with Crippen molar-refractivity contribution in [3.8, 4) is 5.69 Å². The first-order chi connectivity index (χ1) is 9.54. The summed E-state index contributed by atoms with van der Waals surface area (Å²) in [6.07, 6.45) is 0. The van der Waals surface area contributed by atoms with Gasteiger partial charge < -0.3 is 10.4 Å². The zero-order valence-corrected chi connectivity index (χ0v) is 11.4. The Labute approximate surface area is 116 Å². The van der Waals surface area contributed by atoms with Gasteiger partial charge in [-0.15, -0.1) is 0 Å². The molecule has 0 aliphatic carbocycles. The van der Waals surface area contributed by atoms with E-state index in [0.717, 1.165) is 0 Å². The molecule has 2 aromatic rings. The Morgan fingerprint density at radius 1 is 1.35 bits per heavy atom. The smallest absolute Gasteiger partial charge is 0.255 e. The van der Waals surface area contributed by atoms with Crippen LogP contribution in [0, 0.1) is 19.7 Å². The van der Waals surface area contributed by atoms with E-state index in [4.69, 9.17) is 5.11 Å². The highest BCUT2D eigenvalue weighted by molar-refractivity contribution is 5.96. The summed E-state index contributed by atoms with van der Waals surface area (Å²) in [5.74, 6) is -0.599. The van der Waals surface area contributed by atoms with Crippen LogP contribution in [0.5, 0.6) is 0 Å². The maximum atomic E-state index is 12.9. The van der Waals surface area contributed by atoms with Crippen LogP contribution in [0.3, 0.4) is 0 Å². The lowest BCUT2D eigenvalue weighted by Crippen LogP contribution is -2.27. The maximum Gasteiger partial charge on any atom is 0.255 e. The number of aromatic nitrogens is 2. The van der Waals surface area contributed by atoms with E-state index in [1.54, 1.807) is 30.7 Å². The summed E-state index contributed by atoms with van der Waals surface area (Å²) >= 11 is 0. The Balaban J connectivity index is 2.38. The third-order valence-electron chi connectivity index (χ3n) is 2.99. The molecule has 1 amide bonds. The van der Waals surface area contributed by atoms with Crippen molar-refractivity contribution in [1.29, 1.82) is 0 Å². The number of nitrogens with one attached hydrogen (secondary N) is 1. The molecule has 0 saturated heterocycles. The minimum atomic E-state index is -0.323. The van der Waals surface area contributed by atoms with E-state index in [9.17, 15) is 9.18 Å². The van der Waals surface area contributed by atoms with Crippen LogP contribution in [-0.2, 0) is 0 Å². The Morgan fingerprint density at radius 3 is 2.60 bits per heavy atom. The molecule has 0 spiro atoms. The number of hydrogen-bond acceptors (Lipinski definition) is 3. The minimum absolute atomic E-state index is 0.115. The fourth-order valence-corrected chi connectivity index (χ4v) is 2.06. The lowest BCUT2D eigenvalue weighted by atomic mass is 10.2. The standard InChI is InChI=1S/C14H16FN3O2/c1-9-13(14(20)16-7-8-19)10(2)18(17-9)12-5-3-11(15)4-6-12/h3-6,19H,7-8H2,1-2H3,(H,16,20). The normalized spacial score (nSPS) is 10.6. The van der Waals surface area contributed by atoms with Crippen molar-refractivity contribution in [2.24, 2.45) is 0 Å². The van der Waals surface area contributed by atoms with Crippen LogP contribution in [-0.4, -0.2) is 33.9 Å². The van der Waals surface area contributed by atoms with Crippen molar-refractivity contribution in [3.05, 3.63) is 47.0 Å². The van der Waals surface area contributed by atoms with Gasteiger partial charge in [-0.2, -0.15) is 5.10 Å². The van der Waals surface area contributed by atoms with Crippen LogP contribution >= 0.6 is 0 Å². The molecule has 0 aliphatic rings. The first-order valence-electron chi connectivity index (χ1n) is 6.26. The van der Waals surface area contributed by atoms with Crippen molar-refractivity contribution in [2.75, 3.05) is 13.2 Å². The molecule has 0 atom stereocenters. The predicted octanol–water partition coefficient (Wildman–Crippen LogP) is 1.35. The van der Waals surface area contributed by atoms with Crippen LogP contribution in [0.1, 0.15) is 21.7 Å². The van der Waals surface area contributed by atoms with Gasteiger partial charge >= 0.3 is 0 Å². The van der Waals surface area contributed by atoms with E-state index in [0.29, 0.717) is 22.6 Å². The Bertz CT molecular complexity index is 620. The predicted molar refractivity (Wildman–Crippen MR) is 72.4 cm³/mol. The average molecular weight is 277 g/mol. The van der Waals surface area contributed by atoms with Gasteiger partial charge in [0.15, 0.2) is 0 Å². The van der Waals surface area contributed by atoms with Gasteiger partial charge in [0.05, 0.1) is 29.2 Å². The Morgan fingerprint density at radius 2 is 2.00 bits per heavy atom. The molecule has 1 heterocycles. The SMILES string of the molecule is Cc1nn(-c2ccc(F)cc2)c(C)c1C(=O)NCCO. The lowest BCUT2D eigenvalue weighted by molar-refractivity contribution is 0.0943. The van der Waals surface area contributed by atoms with E-state index >= 15 is 0 Å².